The van der Waals surface area contributed by atoms with Crippen molar-refractivity contribution in [3.8, 4) is 0 Å². The first-order chi connectivity index (χ1) is 17.4. The predicted octanol–water partition coefficient (Wildman–Crippen LogP) is 3.89. The van der Waals surface area contributed by atoms with Crippen LogP contribution >= 0.6 is 0 Å². The maximum atomic E-state index is 15.4. The summed E-state index contributed by atoms with van der Waals surface area (Å²) in [6.07, 6.45) is 11.1. The van der Waals surface area contributed by atoms with Gasteiger partial charge in [0.05, 0.1) is 17.2 Å². The van der Waals surface area contributed by atoms with Gasteiger partial charge in [0, 0.05) is 45.0 Å². The highest BCUT2D eigenvalue weighted by molar-refractivity contribution is 5.86. The third kappa shape index (κ3) is 4.75. The number of likely N-dealkylation sites (tertiary alicyclic amines) is 1. The van der Waals surface area contributed by atoms with E-state index in [9.17, 15) is 14.7 Å². The normalized spacial score (nSPS) is 28.6. The Kier molecular flexibility index (Phi) is 7.06. The molecule has 1 saturated carbocycles. The maximum Gasteiger partial charge on any atom is 0.321 e. The molecule has 0 radical (unpaired) electrons. The van der Waals surface area contributed by atoms with Crippen LogP contribution in [0.5, 0.6) is 0 Å². The first-order valence-corrected chi connectivity index (χ1v) is 13.4. The second-order valence-corrected chi connectivity index (χ2v) is 10.7. The molecule has 2 saturated heterocycles. The van der Waals surface area contributed by atoms with Gasteiger partial charge in [-0.2, -0.15) is 0 Å². The lowest BCUT2D eigenvalue weighted by molar-refractivity contribution is -0.139. The molecule has 194 valence electrons. The molecule has 3 heterocycles. The van der Waals surface area contributed by atoms with E-state index in [1.54, 1.807) is 11.1 Å². The van der Waals surface area contributed by atoms with E-state index in [0.717, 1.165) is 69.2 Å². The Morgan fingerprint density at radius 1 is 1.19 bits per heavy atom. The summed E-state index contributed by atoms with van der Waals surface area (Å²) in [6.45, 7) is 4.94. The van der Waals surface area contributed by atoms with E-state index in [0.29, 0.717) is 25.3 Å². The van der Waals surface area contributed by atoms with Gasteiger partial charge in [0.2, 0.25) is 5.91 Å². The van der Waals surface area contributed by atoms with Crippen molar-refractivity contribution in [1.29, 1.82) is 0 Å². The van der Waals surface area contributed by atoms with Gasteiger partial charge in [-0.15, -0.1) is 0 Å². The van der Waals surface area contributed by atoms with Crippen molar-refractivity contribution in [2.24, 2.45) is 5.41 Å². The Balaban J connectivity index is 1.30. The molecule has 2 N–H and O–H groups in total. The molecule has 36 heavy (non-hydrogen) atoms. The second kappa shape index (κ2) is 10.2. The van der Waals surface area contributed by atoms with Crippen molar-refractivity contribution in [3.05, 3.63) is 47.9 Å². The van der Waals surface area contributed by atoms with E-state index in [-0.39, 0.29) is 29.9 Å². The third-order valence-corrected chi connectivity index (χ3v) is 8.33. The molecule has 1 spiro atoms. The number of urea groups is 1. The first kappa shape index (κ1) is 24.8. The SMILES string of the molecule is CCNC(=O)N1C=C(c2ccc(N3CCC[C@]4(CCN([C@H]5CC[C@@H](O)CC5)C4=O)C3)c(F)c2)C=CC1. The molecule has 0 unspecified atom stereocenters. The number of hydrogen-bond acceptors (Lipinski definition) is 4. The fourth-order valence-electron chi connectivity index (χ4n) is 6.35. The Morgan fingerprint density at radius 3 is 2.75 bits per heavy atom. The number of rotatable bonds is 4. The number of anilines is 1. The topological polar surface area (TPSA) is 76.1 Å². The van der Waals surface area contributed by atoms with E-state index in [2.05, 4.69) is 10.2 Å². The van der Waals surface area contributed by atoms with Gasteiger partial charge >= 0.3 is 6.03 Å². The number of benzene rings is 1. The molecular formula is C28H37FN4O3. The summed E-state index contributed by atoms with van der Waals surface area (Å²) in [5.41, 5.74) is 1.59. The summed E-state index contributed by atoms with van der Waals surface area (Å²) in [5.74, 6) is -0.0916. The van der Waals surface area contributed by atoms with E-state index < -0.39 is 5.41 Å². The maximum absolute atomic E-state index is 15.4. The van der Waals surface area contributed by atoms with Gasteiger partial charge < -0.3 is 20.2 Å². The fraction of sp³-hybridized carbons (Fsp3) is 0.571. The minimum atomic E-state index is -0.443. The van der Waals surface area contributed by atoms with Gasteiger partial charge in [-0.25, -0.2) is 9.18 Å². The summed E-state index contributed by atoms with van der Waals surface area (Å²) >= 11 is 0. The number of aliphatic hydroxyl groups excluding tert-OH is 1. The average molecular weight is 497 g/mol. The van der Waals surface area contributed by atoms with Crippen LogP contribution in [-0.2, 0) is 4.79 Å². The fourth-order valence-corrected chi connectivity index (χ4v) is 6.35. The quantitative estimate of drug-likeness (QED) is 0.663. The molecule has 4 aliphatic rings. The molecule has 7 nitrogen and oxygen atoms in total. The van der Waals surface area contributed by atoms with E-state index in [4.69, 9.17) is 0 Å². The second-order valence-electron chi connectivity index (χ2n) is 10.7. The number of piperidine rings is 1. The number of allylic oxidation sites excluding steroid dienone is 2. The van der Waals surface area contributed by atoms with Gasteiger partial charge in [0.15, 0.2) is 0 Å². The third-order valence-electron chi connectivity index (χ3n) is 8.33. The zero-order valence-electron chi connectivity index (χ0n) is 21.1. The predicted molar refractivity (Wildman–Crippen MR) is 138 cm³/mol. The Bertz CT molecular complexity index is 1060. The zero-order valence-corrected chi connectivity index (χ0v) is 21.1. The summed E-state index contributed by atoms with van der Waals surface area (Å²) in [4.78, 5) is 31.5. The van der Waals surface area contributed by atoms with Crippen LogP contribution in [0.2, 0.25) is 0 Å². The highest BCUT2D eigenvalue weighted by Crippen LogP contribution is 2.44. The number of carbonyl (C=O) groups excluding carboxylic acids is 2. The standard InChI is InChI=1S/C28H37FN4O3/c1-2-30-27(36)31-14-3-5-21(18-31)20-6-11-25(24(29)17-20)32-15-4-12-28(19-32)13-16-33(26(28)35)22-7-9-23(34)10-8-22/h3,5-6,11,17-18,22-23,34H,2,4,7-10,12-16,19H2,1H3,(H,30,36)/t22-,23+,28-/m0/s1. The molecule has 0 bridgehead atoms. The largest absolute Gasteiger partial charge is 0.393 e. The summed E-state index contributed by atoms with van der Waals surface area (Å²) in [6, 6.07) is 5.29. The number of carbonyl (C=O) groups is 2. The Morgan fingerprint density at radius 2 is 2.00 bits per heavy atom. The van der Waals surface area contributed by atoms with Gasteiger partial charge in [0.25, 0.3) is 0 Å². The zero-order chi connectivity index (χ0) is 25.3. The van der Waals surface area contributed by atoms with Gasteiger partial charge in [-0.3, -0.25) is 9.69 Å². The molecule has 1 aromatic carbocycles. The smallest absolute Gasteiger partial charge is 0.321 e. The van der Waals surface area contributed by atoms with Gasteiger partial charge in [0.1, 0.15) is 5.82 Å². The van der Waals surface area contributed by atoms with Crippen LogP contribution in [0.1, 0.15) is 57.4 Å². The molecular weight excluding hydrogens is 459 g/mol. The van der Waals surface area contributed by atoms with Crippen molar-refractivity contribution < 1.29 is 19.1 Å². The highest BCUT2D eigenvalue weighted by atomic mass is 19.1. The van der Waals surface area contributed by atoms with Crippen LogP contribution in [0.3, 0.4) is 0 Å². The Labute approximate surface area is 212 Å². The van der Waals surface area contributed by atoms with Crippen LogP contribution < -0.4 is 10.2 Å². The lowest BCUT2D eigenvalue weighted by atomic mass is 9.78. The number of halogens is 1. The van der Waals surface area contributed by atoms with E-state index in [1.165, 1.54) is 6.07 Å². The number of hydrogen-bond donors (Lipinski definition) is 2. The van der Waals surface area contributed by atoms with Crippen molar-refractivity contribution in [2.45, 2.75) is 64.0 Å². The van der Waals surface area contributed by atoms with Crippen LogP contribution in [0, 0.1) is 11.2 Å². The number of aliphatic hydroxyl groups is 1. The van der Waals surface area contributed by atoms with Crippen LogP contribution in [0.15, 0.2) is 36.6 Å². The van der Waals surface area contributed by atoms with Crippen LogP contribution in [-0.4, -0.2) is 71.7 Å². The van der Waals surface area contributed by atoms with Crippen molar-refractivity contribution in [3.63, 3.8) is 0 Å². The molecule has 8 heteroatoms. The summed E-state index contributed by atoms with van der Waals surface area (Å²) in [5, 5.41) is 12.6. The average Bonchev–Trinajstić information content (AvgIpc) is 3.19. The Hall–Kier alpha value is -2.87. The first-order valence-electron chi connectivity index (χ1n) is 13.4. The lowest BCUT2D eigenvalue weighted by Crippen LogP contribution is -2.50. The molecule has 5 rings (SSSR count). The molecule has 1 aromatic rings. The summed E-state index contributed by atoms with van der Waals surface area (Å²) in [7, 11) is 0. The minimum Gasteiger partial charge on any atom is -0.393 e. The monoisotopic (exact) mass is 496 g/mol. The van der Waals surface area contributed by atoms with E-state index in [1.807, 2.05) is 36.1 Å². The summed E-state index contributed by atoms with van der Waals surface area (Å²) < 4.78 is 15.4. The lowest BCUT2D eigenvalue weighted by Gasteiger charge is -2.41. The molecule has 3 amide bonds. The van der Waals surface area contributed by atoms with Crippen LogP contribution in [0.4, 0.5) is 14.9 Å². The van der Waals surface area contributed by atoms with Crippen molar-refractivity contribution in [2.75, 3.05) is 37.6 Å². The molecule has 1 aliphatic carbocycles. The van der Waals surface area contributed by atoms with Gasteiger partial charge in [-0.05, 0) is 75.1 Å². The van der Waals surface area contributed by atoms with Crippen molar-refractivity contribution >= 4 is 23.2 Å². The van der Waals surface area contributed by atoms with Crippen molar-refractivity contribution in [1.82, 2.24) is 15.1 Å². The number of nitrogens with zero attached hydrogens (tertiary/aromatic N) is 3. The van der Waals surface area contributed by atoms with Crippen LogP contribution in [0.25, 0.3) is 5.57 Å². The molecule has 3 aliphatic heterocycles. The molecule has 1 atom stereocenters. The molecule has 3 fully saturated rings. The van der Waals surface area contributed by atoms with Gasteiger partial charge in [-0.1, -0.05) is 18.2 Å². The highest BCUT2D eigenvalue weighted by Gasteiger charge is 2.50. The minimum absolute atomic E-state index is 0.172. The van der Waals surface area contributed by atoms with E-state index >= 15 is 4.39 Å². The number of nitrogens with one attached hydrogen (secondary N) is 1. The number of amides is 3. The molecule has 0 aromatic heterocycles.